The molecule has 0 unspecified atom stereocenters. The van der Waals surface area contributed by atoms with Gasteiger partial charge in [-0.15, -0.1) is 0 Å². The number of hydrogen-bond acceptors (Lipinski definition) is 5. The van der Waals surface area contributed by atoms with E-state index < -0.39 is 23.8 Å². The van der Waals surface area contributed by atoms with Crippen LogP contribution in [0, 0.1) is 23.1 Å². The predicted molar refractivity (Wildman–Crippen MR) is 139 cm³/mol. The first-order valence-corrected chi connectivity index (χ1v) is 13.7. The minimum absolute atomic E-state index is 0.0199. The Kier molecular flexibility index (Phi) is 8.13. The Morgan fingerprint density at radius 3 is 2.49 bits per heavy atom. The molecule has 8 heteroatoms. The van der Waals surface area contributed by atoms with Gasteiger partial charge in [-0.25, -0.2) is 9.18 Å². The average molecular weight is 513 g/mol. The van der Waals surface area contributed by atoms with E-state index in [4.69, 9.17) is 4.74 Å². The molecule has 202 valence electrons. The van der Waals surface area contributed by atoms with Crippen molar-refractivity contribution < 1.29 is 18.7 Å². The second-order valence-corrected chi connectivity index (χ2v) is 12.2. The summed E-state index contributed by atoms with van der Waals surface area (Å²) < 4.78 is 20.7. The number of hydrogen-bond donors (Lipinski definition) is 1. The molecule has 4 rings (SSSR count). The van der Waals surface area contributed by atoms with Gasteiger partial charge in [-0.3, -0.25) is 9.69 Å². The summed E-state index contributed by atoms with van der Waals surface area (Å²) in [5.74, 6) is -0.316. The van der Waals surface area contributed by atoms with E-state index in [0.29, 0.717) is 17.5 Å². The monoisotopic (exact) mass is 512 g/mol. The van der Waals surface area contributed by atoms with Gasteiger partial charge >= 0.3 is 6.09 Å². The number of nitriles is 1. The van der Waals surface area contributed by atoms with Crippen molar-refractivity contribution >= 4 is 12.0 Å². The summed E-state index contributed by atoms with van der Waals surface area (Å²) >= 11 is 0. The van der Waals surface area contributed by atoms with Crippen LogP contribution in [0.15, 0.2) is 18.2 Å². The van der Waals surface area contributed by atoms with Crippen molar-refractivity contribution in [2.75, 3.05) is 13.1 Å². The summed E-state index contributed by atoms with van der Waals surface area (Å²) in [5, 5.41) is 12.5. The Balaban J connectivity index is 1.39. The highest BCUT2D eigenvalue weighted by atomic mass is 19.1. The molecule has 37 heavy (non-hydrogen) atoms. The summed E-state index contributed by atoms with van der Waals surface area (Å²) in [6.45, 7) is 11.8. The van der Waals surface area contributed by atoms with Gasteiger partial charge < -0.3 is 15.0 Å². The molecular formula is C29H41FN4O3. The van der Waals surface area contributed by atoms with Crippen LogP contribution in [-0.4, -0.2) is 64.7 Å². The maximum atomic E-state index is 15.1. The van der Waals surface area contributed by atoms with Crippen LogP contribution in [0.5, 0.6) is 0 Å². The Bertz CT molecular complexity index is 1040. The molecule has 1 aromatic rings. The lowest BCUT2D eigenvalue weighted by Crippen LogP contribution is -2.55. The van der Waals surface area contributed by atoms with Gasteiger partial charge in [0.15, 0.2) is 0 Å². The maximum Gasteiger partial charge on any atom is 0.411 e. The molecule has 1 saturated carbocycles. The summed E-state index contributed by atoms with van der Waals surface area (Å²) in [6, 6.07) is 6.38. The third-order valence-corrected chi connectivity index (χ3v) is 8.16. The first-order valence-electron chi connectivity index (χ1n) is 13.7. The molecule has 2 heterocycles. The fourth-order valence-electron chi connectivity index (χ4n) is 6.24. The minimum atomic E-state index is -0.887. The number of carbonyl (C=O) groups excluding carboxylic acids is 2. The van der Waals surface area contributed by atoms with Crippen LogP contribution in [0.4, 0.5) is 9.18 Å². The highest BCUT2D eigenvalue weighted by Gasteiger charge is 2.52. The van der Waals surface area contributed by atoms with Crippen LogP contribution in [0.1, 0.15) is 83.8 Å². The number of halogens is 1. The summed E-state index contributed by atoms with van der Waals surface area (Å²) in [4.78, 5) is 30.2. The maximum absolute atomic E-state index is 15.1. The van der Waals surface area contributed by atoms with Crippen molar-refractivity contribution in [3.05, 3.63) is 35.1 Å². The van der Waals surface area contributed by atoms with Crippen molar-refractivity contribution in [3.8, 4) is 6.07 Å². The number of nitrogens with one attached hydrogen (secondary N) is 1. The average Bonchev–Trinajstić information content (AvgIpc) is 3.45. The van der Waals surface area contributed by atoms with E-state index in [1.165, 1.54) is 0 Å². The molecule has 3 aliphatic rings. The highest BCUT2D eigenvalue weighted by molar-refractivity contribution is 5.87. The molecule has 0 radical (unpaired) electrons. The van der Waals surface area contributed by atoms with E-state index in [9.17, 15) is 14.9 Å². The second kappa shape index (κ2) is 11.0. The number of benzene rings is 1. The number of likely N-dealkylation sites (tertiary alicyclic amines) is 2. The molecule has 2 amide bonds. The Morgan fingerprint density at radius 1 is 1.19 bits per heavy atom. The number of fused-ring (bicyclic) bond motifs is 2. The van der Waals surface area contributed by atoms with Crippen LogP contribution < -0.4 is 5.32 Å². The van der Waals surface area contributed by atoms with Crippen molar-refractivity contribution in [2.45, 2.75) is 109 Å². The van der Waals surface area contributed by atoms with Crippen molar-refractivity contribution in [3.63, 3.8) is 0 Å². The third-order valence-electron chi connectivity index (χ3n) is 8.16. The standard InChI is InChI=1S/C29H41FN4O3/c1-18(2)33-12-10-19(11-13-33)20-6-7-21(25(30)16-20)14-23(17-31)32-27(35)26-22-8-9-24(15-22)34(26)28(36)37-29(3,4)5/h6-7,16,18-19,22-24,26H,8-15H2,1-5H3,(H,32,35)/t22-,23-,24+,26-/m0/s1. The number of ether oxygens (including phenoxy) is 1. The van der Waals surface area contributed by atoms with Crippen LogP contribution in [0.2, 0.25) is 0 Å². The number of nitrogens with zero attached hydrogens (tertiary/aromatic N) is 3. The Hall–Kier alpha value is -2.66. The first-order chi connectivity index (χ1) is 17.5. The number of piperidine rings is 2. The van der Waals surface area contributed by atoms with Gasteiger partial charge in [-0.2, -0.15) is 5.26 Å². The van der Waals surface area contributed by atoms with Crippen molar-refractivity contribution in [1.29, 1.82) is 5.26 Å². The summed E-state index contributed by atoms with van der Waals surface area (Å²) in [7, 11) is 0. The molecule has 3 fully saturated rings. The smallest absolute Gasteiger partial charge is 0.411 e. The Labute approximate surface area is 220 Å². The van der Waals surface area contributed by atoms with E-state index in [2.05, 4.69) is 30.1 Å². The van der Waals surface area contributed by atoms with E-state index >= 15 is 4.39 Å². The number of amides is 2. The number of rotatable bonds is 6. The van der Waals surface area contributed by atoms with Gasteiger partial charge in [-0.1, -0.05) is 12.1 Å². The molecule has 4 atom stereocenters. The molecule has 0 spiro atoms. The minimum Gasteiger partial charge on any atom is -0.444 e. The van der Waals surface area contributed by atoms with Crippen molar-refractivity contribution in [2.24, 2.45) is 5.92 Å². The van der Waals surface area contributed by atoms with Gasteiger partial charge in [0.05, 0.1) is 6.07 Å². The lowest BCUT2D eigenvalue weighted by molar-refractivity contribution is -0.128. The van der Waals surface area contributed by atoms with Gasteiger partial charge in [0.1, 0.15) is 23.5 Å². The van der Waals surface area contributed by atoms with E-state index in [1.54, 1.807) is 37.8 Å². The molecule has 2 saturated heterocycles. The second-order valence-electron chi connectivity index (χ2n) is 12.2. The third kappa shape index (κ3) is 6.26. The van der Waals surface area contributed by atoms with Gasteiger partial charge in [0, 0.05) is 18.5 Å². The van der Waals surface area contributed by atoms with Crippen LogP contribution >= 0.6 is 0 Å². The lowest BCUT2D eigenvalue weighted by atomic mass is 9.88. The summed E-state index contributed by atoms with van der Waals surface area (Å²) in [5.41, 5.74) is 0.744. The normalized spacial score (nSPS) is 25.2. The van der Waals surface area contributed by atoms with E-state index in [-0.39, 0.29) is 30.1 Å². The largest absolute Gasteiger partial charge is 0.444 e. The van der Waals surface area contributed by atoms with Gasteiger partial charge in [0.25, 0.3) is 0 Å². The number of carbonyl (C=O) groups is 2. The van der Waals surface area contributed by atoms with Crippen LogP contribution in [0.3, 0.4) is 0 Å². The zero-order valence-electron chi connectivity index (χ0n) is 22.8. The summed E-state index contributed by atoms with van der Waals surface area (Å²) in [6.07, 6.45) is 4.08. The molecular weight excluding hydrogens is 471 g/mol. The molecule has 1 N–H and O–H groups in total. The predicted octanol–water partition coefficient (Wildman–Crippen LogP) is 4.75. The topological polar surface area (TPSA) is 85.7 Å². The van der Waals surface area contributed by atoms with Gasteiger partial charge in [-0.05, 0) is 109 Å². The highest BCUT2D eigenvalue weighted by Crippen LogP contribution is 2.43. The molecule has 2 aliphatic heterocycles. The van der Waals surface area contributed by atoms with Crippen LogP contribution in [-0.2, 0) is 16.0 Å². The van der Waals surface area contributed by atoms with Crippen LogP contribution in [0.25, 0.3) is 0 Å². The first kappa shape index (κ1) is 27.4. The molecule has 2 bridgehead atoms. The van der Waals surface area contributed by atoms with E-state index in [0.717, 1.165) is 50.8 Å². The molecule has 1 aromatic carbocycles. The molecule has 1 aliphatic carbocycles. The van der Waals surface area contributed by atoms with Gasteiger partial charge in [0.2, 0.25) is 5.91 Å². The zero-order valence-corrected chi connectivity index (χ0v) is 22.8. The SMILES string of the molecule is CC(C)N1CCC(c2ccc(C[C@@H](C#N)NC(=O)[C@@H]3[C@H]4CC[C@H](C4)N3C(=O)OC(C)(C)C)c(F)c2)CC1. The fraction of sp³-hybridized carbons (Fsp3) is 0.690. The lowest BCUT2D eigenvalue weighted by Gasteiger charge is -2.35. The van der Waals surface area contributed by atoms with E-state index in [1.807, 2.05) is 6.07 Å². The Morgan fingerprint density at radius 2 is 1.89 bits per heavy atom. The fourth-order valence-corrected chi connectivity index (χ4v) is 6.24. The molecule has 0 aromatic heterocycles. The quantitative estimate of drug-likeness (QED) is 0.594. The zero-order chi connectivity index (χ0) is 26.9. The molecule has 7 nitrogen and oxygen atoms in total. The van der Waals surface area contributed by atoms with Crippen molar-refractivity contribution in [1.82, 2.24) is 15.1 Å².